The van der Waals surface area contributed by atoms with Crippen molar-refractivity contribution in [3.63, 3.8) is 0 Å². The van der Waals surface area contributed by atoms with Crippen LogP contribution in [0.1, 0.15) is 24.5 Å². The van der Waals surface area contributed by atoms with Gasteiger partial charge in [0.15, 0.2) is 0 Å². The minimum atomic E-state index is -4.65. The first-order chi connectivity index (χ1) is 9.70. The molecule has 1 N–H and O–H groups in total. The van der Waals surface area contributed by atoms with Crippen LogP contribution >= 0.6 is 0 Å². The van der Waals surface area contributed by atoms with E-state index in [4.69, 9.17) is 0 Å². The van der Waals surface area contributed by atoms with Crippen LogP contribution in [-0.2, 0) is 11.0 Å². The Labute approximate surface area is 118 Å². The fourth-order valence-electron chi connectivity index (χ4n) is 1.55. The zero-order valence-electron chi connectivity index (χ0n) is 11.1. The van der Waals surface area contributed by atoms with Gasteiger partial charge in [-0.2, -0.15) is 13.2 Å². The average Bonchev–Trinajstić information content (AvgIpc) is 2.36. The molecule has 1 aromatic carbocycles. The molecule has 0 aliphatic heterocycles. The predicted octanol–water partition coefficient (Wildman–Crippen LogP) is 3.15. The second kappa shape index (κ2) is 6.87. The van der Waals surface area contributed by atoms with Crippen molar-refractivity contribution in [3.05, 3.63) is 45.5 Å². The molecule has 0 spiro atoms. The summed E-state index contributed by atoms with van der Waals surface area (Å²) in [5.41, 5.74) is -1.61. The average molecular weight is 302 g/mol. The van der Waals surface area contributed by atoms with E-state index in [-0.39, 0.29) is 11.5 Å². The van der Waals surface area contributed by atoms with E-state index in [0.29, 0.717) is 19.0 Å². The topological polar surface area (TPSA) is 72.2 Å². The highest BCUT2D eigenvalue weighted by Gasteiger charge is 2.32. The Balaban J connectivity index is 2.91. The number of nitrogens with zero attached hydrogens (tertiary/aromatic N) is 1. The van der Waals surface area contributed by atoms with E-state index in [1.165, 1.54) is 19.1 Å². The lowest BCUT2D eigenvalue weighted by atomic mass is 10.1. The molecule has 1 aromatic rings. The summed E-state index contributed by atoms with van der Waals surface area (Å²) in [6, 6.07) is 2.39. The Morgan fingerprint density at radius 1 is 1.38 bits per heavy atom. The molecule has 0 unspecified atom stereocenters. The minimum Gasteiger partial charge on any atom is -0.356 e. The summed E-state index contributed by atoms with van der Waals surface area (Å²) >= 11 is 0. The molecule has 0 aliphatic rings. The zero-order chi connectivity index (χ0) is 16.0. The quantitative estimate of drug-likeness (QED) is 0.516. The Kier molecular flexibility index (Phi) is 5.45. The molecule has 0 bridgehead atoms. The van der Waals surface area contributed by atoms with E-state index in [0.717, 1.165) is 12.1 Å². The molecule has 0 saturated carbocycles. The number of carbonyl (C=O) groups excluding carboxylic acids is 1. The van der Waals surface area contributed by atoms with Gasteiger partial charge >= 0.3 is 6.18 Å². The summed E-state index contributed by atoms with van der Waals surface area (Å²) in [6.45, 7) is 1.69. The number of halogens is 3. The standard InChI is InChI=1S/C13H13F3N2O3/c1-9(19)17-5-3-2-4-10-6-11(13(14,15)16)8-12(7-10)18(20)21/h2,4,6-8H,3,5H2,1H3,(H,17,19). The maximum atomic E-state index is 12.6. The minimum absolute atomic E-state index is 0.0827. The van der Waals surface area contributed by atoms with E-state index < -0.39 is 22.4 Å². The van der Waals surface area contributed by atoms with Gasteiger partial charge in [0.2, 0.25) is 5.91 Å². The Morgan fingerprint density at radius 3 is 2.57 bits per heavy atom. The van der Waals surface area contributed by atoms with Crippen molar-refractivity contribution in [2.45, 2.75) is 19.5 Å². The number of non-ortho nitro benzene ring substituents is 1. The molecule has 0 saturated heterocycles. The van der Waals surface area contributed by atoms with Gasteiger partial charge in [0, 0.05) is 25.6 Å². The Morgan fingerprint density at radius 2 is 2.05 bits per heavy atom. The van der Waals surface area contributed by atoms with Gasteiger partial charge in [-0.3, -0.25) is 14.9 Å². The predicted molar refractivity (Wildman–Crippen MR) is 70.4 cm³/mol. The number of nitro groups is 1. The number of carbonyl (C=O) groups is 1. The smallest absolute Gasteiger partial charge is 0.356 e. The molecule has 5 nitrogen and oxygen atoms in total. The lowest BCUT2D eigenvalue weighted by Gasteiger charge is -2.07. The van der Waals surface area contributed by atoms with Crippen molar-refractivity contribution in [2.75, 3.05) is 6.54 Å². The lowest BCUT2D eigenvalue weighted by Crippen LogP contribution is -2.20. The third kappa shape index (κ3) is 5.64. The van der Waals surface area contributed by atoms with E-state index in [1.54, 1.807) is 0 Å². The van der Waals surface area contributed by atoms with Gasteiger partial charge in [-0.25, -0.2) is 0 Å². The van der Waals surface area contributed by atoms with Gasteiger partial charge in [-0.15, -0.1) is 0 Å². The van der Waals surface area contributed by atoms with Crippen LogP contribution in [0, 0.1) is 10.1 Å². The highest BCUT2D eigenvalue weighted by molar-refractivity contribution is 5.72. The molecule has 0 fully saturated rings. The molecule has 1 amide bonds. The number of nitrogens with one attached hydrogen (secondary N) is 1. The van der Waals surface area contributed by atoms with Crippen molar-refractivity contribution in [1.29, 1.82) is 0 Å². The van der Waals surface area contributed by atoms with Crippen LogP contribution in [-0.4, -0.2) is 17.4 Å². The normalized spacial score (nSPS) is 11.6. The van der Waals surface area contributed by atoms with Crippen molar-refractivity contribution in [2.24, 2.45) is 0 Å². The number of benzene rings is 1. The van der Waals surface area contributed by atoms with Crippen LogP contribution in [0.4, 0.5) is 18.9 Å². The Bertz CT molecular complexity index is 568. The molecular formula is C13H13F3N2O3. The maximum Gasteiger partial charge on any atom is 0.416 e. The summed E-state index contributed by atoms with van der Waals surface area (Å²) in [6.07, 6.45) is -1.35. The van der Waals surface area contributed by atoms with Gasteiger partial charge < -0.3 is 5.32 Å². The van der Waals surface area contributed by atoms with Crippen LogP contribution in [0.3, 0.4) is 0 Å². The van der Waals surface area contributed by atoms with Crippen molar-refractivity contribution in [3.8, 4) is 0 Å². The molecule has 1 rings (SSSR count). The van der Waals surface area contributed by atoms with Crippen LogP contribution in [0.15, 0.2) is 24.3 Å². The SMILES string of the molecule is CC(=O)NCCC=Cc1cc([N+](=O)[O-])cc(C(F)(F)F)c1. The number of nitro benzene ring substituents is 1. The van der Waals surface area contributed by atoms with Crippen LogP contribution < -0.4 is 5.32 Å². The van der Waals surface area contributed by atoms with Crippen molar-refractivity contribution >= 4 is 17.7 Å². The van der Waals surface area contributed by atoms with Gasteiger partial charge in [0.25, 0.3) is 5.69 Å². The summed E-state index contributed by atoms with van der Waals surface area (Å²) in [4.78, 5) is 20.4. The lowest BCUT2D eigenvalue weighted by molar-refractivity contribution is -0.385. The third-order valence-corrected chi connectivity index (χ3v) is 2.47. The first-order valence-electron chi connectivity index (χ1n) is 5.98. The van der Waals surface area contributed by atoms with Gasteiger partial charge in [-0.05, 0) is 18.1 Å². The molecule has 0 aromatic heterocycles. The van der Waals surface area contributed by atoms with Gasteiger partial charge in [0.1, 0.15) is 0 Å². The summed E-state index contributed by atoms with van der Waals surface area (Å²) in [5, 5.41) is 13.2. The number of rotatable bonds is 5. The van der Waals surface area contributed by atoms with Crippen molar-refractivity contribution < 1.29 is 22.9 Å². The highest BCUT2D eigenvalue weighted by atomic mass is 19.4. The summed E-state index contributed by atoms with van der Waals surface area (Å²) in [5.74, 6) is -0.210. The molecule has 114 valence electrons. The van der Waals surface area contributed by atoms with E-state index in [1.807, 2.05) is 0 Å². The van der Waals surface area contributed by atoms with E-state index in [2.05, 4.69) is 5.32 Å². The van der Waals surface area contributed by atoms with Crippen LogP contribution in [0.5, 0.6) is 0 Å². The van der Waals surface area contributed by atoms with Crippen LogP contribution in [0.25, 0.3) is 6.08 Å². The molecule has 21 heavy (non-hydrogen) atoms. The molecule has 0 aliphatic carbocycles. The largest absolute Gasteiger partial charge is 0.416 e. The summed E-state index contributed by atoms with van der Waals surface area (Å²) < 4.78 is 37.9. The fourth-order valence-corrected chi connectivity index (χ4v) is 1.55. The number of alkyl halides is 3. The summed E-state index contributed by atoms with van der Waals surface area (Å²) in [7, 11) is 0. The zero-order valence-corrected chi connectivity index (χ0v) is 11.1. The monoisotopic (exact) mass is 302 g/mol. The van der Waals surface area contributed by atoms with Crippen LogP contribution in [0.2, 0.25) is 0 Å². The van der Waals surface area contributed by atoms with E-state index >= 15 is 0 Å². The Hall–Kier alpha value is -2.38. The first-order valence-corrected chi connectivity index (χ1v) is 5.98. The number of hydrogen-bond donors (Lipinski definition) is 1. The number of amides is 1. The first kappa shape index (κ1) is 16.7. The highest BCUT2D eigenvalue weighted by Crippen LogP contribution is 2.32. The van der Waals surface area contributed by atoms with Crippen molar-refractivity contribution in [1.82, 2.24) is 5.32 Å². The van der Waals surface area contributed by atoms with Gasteiger partial charge in [0.05, 0.1) is 10.5 Å². The fraction of sp³-hybridized carbons (Fsp3) is 0.308. The maximum absolute atomic E-state index is 12.6. The second-order valence-corrected chi connectivity index (χ2v) is 4.24. The van der Waals surface area contributed by atoms with Gasteiger partial charge in [-0.1, -0.05) is 12.2 Å². The van der Waals surface area contributed by atoms with E-state index in [9.17, 15) is 28.1 Å². The number of hydrogen-bond acceptors (Lipinski definition) is 3. The molecule has 0 radical (unpaired) electrons. The molecular weight excluding hydrogens is 289 g/mol. The second-order valence-electron chi connectivity index (χ2n) is 4.24. The molecule has 8 heteroatoms. The third-order valence-electron chi connectivity index (χ3n) is 2.47. The molecule has 0 heterocycles. The molecule has 0 atom stereocenters.